The van der Waals surface area contributed by atoms with Crippen LogP contribution in [0.15, 0.2) is 27.4 Å². The van der Waals surface area contributed by atoms with Gasteiger partial charge in [0.1, 0.15) is 18.1 Å². The Balaban J connectivity index is 2.15. The molecule has 0 N–H and O–H groups in total. The zero-order valence-corrected chi connectivity index (χ0v) is 12.1. The summed E-state index contributed by atoms with van der Waals surface area (Å²) in [6, 6.07) is 5.91. The van der Waals surface area contributed by atoms with Crippen LogP contribution in [0.1, 0.15) is 31.4 Å². The van der Waals surface area contributed by atoms with Crippen molar-refractivity contribution in [3.8, 4) is 5.75 Å². The van der Waals surface area contributed by atoms with E-state index in [4.69, 9.17) is 9.15 Å². The van der Waals surface area contributed by atoms with Crippen LogP contribution in [0.4, 0.5) is 0 Å². The van der Waals surface area contributed by atoms with Gasteiger partial charge < -0.3 is 9.15 Å². The maximum atomic E-state index is 11.6. The van der Waals surface area contributed by atoms with Crippen molar-refractivity contribution < 1.29 is 9.15 Å². The lowest BCUT2D eigenvalue weighted by atomic mass is 10.0. The summed E-state index contributed by atoms with van der Waals surface area (Å²) in [5.41, 5.74) is 2.29. The fraction of sp³-hybridized carbons (Fsp3) is 0.438. The lowest BCUT2D eigenvalue weighted by Gasteiger charge is -2.33. The van der Waals surface area contributed by atoms with Crippen LogP contribution in [-0.4, -0.2) is 17.7 Å². The van der Waals surface area contributed by atoms with Gasteiger partial charge in [0, 0.05) is 24.0 Å². The van der Waals surface area contributed by atoms with Crippen molar-refractivity contribution in [2.75, 3.05) is 6.73 Å². The molecule has 20 heavy (non-hydrogen) atoms. The summed E-state index contributed by atoms with van der Waals surface area (Å²) >= 11 is 0. The molecule has 1 aromatic carbocycles. The molecule has 0 saturated heterocycles. The highest BCUT2D eigenvalue weighted by Crippen LogP contribution is 2.33. The van der Waals surface area contributed by atoms with E-state index in [0.29, 0.717) is 18.4 Å². The average Bonchev–Trinajstić information content (AvgIpc) is 2.45. The Kier molecular flexibility index (Phi) is 3.26. The molecule has 1 atom stereocenters. The predicted octanol–water partition coefficient (Wildman–Crippen LogP) is 3.05. The summed E-state index contributed by atoms with van der Waals surface area (Å²) in [5, 5.41) is 0.984. The number of nitrogens with zero attached hydrogens (tertiary/aromatic N) is 1. The Bertz CT molecular complexity index is 705. The van der Waals surface area contributed by atoms with Crippen LogP contribution in [0, 0.1) is 6.92 Å². The molecule has 4 heteroatoms. The molecule has 0 amide bonds. The zero-order chi connectivity index (χ0) is 14.3. The third-order valence-electron chi connectivity index (χ3n) is 4.14. The van der Waals surface area contributed by atoms with E-state index >= 15 is 0 Å². The molecular weight excluding hydrogens is 254 g/mol. The molecule has 1 aliphatic rings. The van der Waals surface area contributed by atoms with Gasteiger partial charge in [-0.3, -0.25) is 4.90 Å². The Morgan fingerprint density at radius 3 is 2.95 bits per heavy atom. The van der Waals surface area contributed by atoms with Crippen molar-refractivity contribution in [3.05, 3.63) is 39.7 Å². The van der Waals surface area contributed by atoms with Crippen molar-refractivity contribution in [1.29, 1.82) is 0 Å². The van der Waals surface area contributed by atoms with E-state index < -0.39 is 0 Å². The van der Waals surface area contributed by atoms with Crippen LogP contribution in [0.25, 0.3) is 11.0 Å². The monoisotopic (exact) mass is 273 g/mol. The normalized spacial score (nSPS) is 16.8. The Labute approximate surface area is 118 Å². The van der Waals surface area contributed by atoms with Crippen LogP contribution in [0.3, 0.4) is 0 Å². The Morgan fingerprint density at radius 1 is 1.40 bits per heavy atom. The van der Waals surface area contributed by atoms with Crippen molar-refractivity contribution in [3.63, 3.8) is 0 Å². The zero-order valence-electron chi connectivity index (χ0n) is 12.1. The summed E-state index contributed by atoms with van der Waals surface area (Å²) < 4.78 is 11.3. The van der Waals surface area contributed by atoms with Gasteiger partial charge in [-0.15, -0.1) is 0 Å². The minimum absolute atomic E-state index is 0.302. The molecule has 0 saturated carbocycles. The first kappa shape index (κ1) is 13.2. The lowest BCUT2D eigenvalue weighted by Crippen LogP contribution is -2.38. The molecule has 1 aliphatic heterocycles. The van der Waals surface area contributed by atoms with Crippen LogP contribution >= 0.6 is 0 Å². The maximum Gasteiger partial charge on any atom is 0.336 e. The van der Waals surface area contributed by atoms with Crippen LogP contribution in [-0.2, 0) is 6.54 Å². The van der Waals surface area contributed by atoms with E-state index in [9.17, 15) is 4.79 Å². The smallest absolute Gasteiger partial charge is 0.336 e. The number of aryl methyl sites for hydroxylation is 1. The van der Waals surface area contributed by atoms with Crippen molar-refractivity contribution in [1.82, 2.24) is 4.90 Å². The standard InChI is InChI=1S/C16H19NO3/c1-4-11(3)17-8-13-14(19-9-17)6-5-12-10(2)7-15(18)20-16(12)13/h5-7,11H,4,8-9H2,1-3H3/t11-/m0/s1. The van der Waals surface area contributed by atoms with E-state index in [-0.39, 0.29) is 5.63 Å². The molecule has 0 spiro atoms. The van der Waals surface area contributed by atoms with Crippen LogP contribution in [0.2, 0.25) is 0 Å². The van der Waals surface area contributed by atoms with Gasteiger partial charge in [0.2, 0.25) is 0 Å². The molecule has 0 fully saturated rings. The Hall–Kier alpha value is -1.81. The second kappa shape index (κ2) is 4.94. The fourth-order valence-electron chi connectivity index (χ4n) is 2.65. The highest BCUT2D eigenvalue weighted by atomic mass is 16.5. The predicted molar refractivity (Wildman–Crippen MR) is 78.0 cm³/mol. The molecule has 1 aromatic heterocycles. The molecule has 0 bridgehead atoms. The SMILES string of the molecule is CC[C@H](C)N1COc2ccc3c(C)cc(=O)oc3c2C1. The van der Waals surface area contributed by atoms with Gasteiger partial charge >= 0.3 is 5.63 Å². The minimum atomic E-state index is -0.302. The van der Waals surface area contributed by atoms with E-state index in [1.807, 2.05) is 19.1 Å². The molecular formula is C16H19NO3. The maximum absolute atomic E-state index is 11.6. The largest absolute Gasteiger partial charge is 0.478 e. The third-order valence-corrected chi connectivity index (χ3v) is 4.14. The molecule has 2 heterocycles. The summed E-state index contributed by atoms with van der Waals surface area (Å²) in [4.78, 5) is 13.9. The minimum Gasteiger partial charge on any atom is -0.478 e. The van der Waals surface area contributed by atoms with Gasteiger partial charge in [0.25, 0.3) is 0 Å². The number of benzene rings is 1. The number of rotatable bonds is 2. The van der Waals surface area contributed by atoms with Crippen LogP contribution in [0.5, 0.6) is 5.75 Å². The van der Waals surface area contributed by atoms with Crippen molar-refractivity contribution >= 4 is 11.0 Å². The van der Waals surface area contributed by atoms with E-state index in [1.165, 1.54) is 6.07 Å². The van der Waals surface area contributed by atoms with Gasteiger partial charge in [0.05, 0.1) is 5.56 Å². The first-order valence-corrected chi connectivity index (χ1v) is 7.03. The second-order valence-electron chi connectivity index (χ2n) is 5.44. The molecule has 0 radical (unpaired) electrons. The summed E-state index contributed by atoms with van der Waals surface area (Å²) in [6.45, 7) is 7.62. The van der Waals surface area contributed by atoms with Crippen molar-refractivity contribution in [2.45, 2.75) is 39.8 Å². The Morgan fingerprint density at radius 2 is 2.20 bits per heavy atom. The number of hydrogen-bond acceptors (Lipinski definition) is 4. The third kappa shape index (κ3) is 2.10. The second-order valence-corrected chi connectivity index (χ2v) is 5.44. The fourth-order valence-corrected chi connectivity index (χ4v) is 2.65. The van der Waals surface area contributed by atoms with E-state index in [2.05, 4.69) is 18.7 Å². The van der Waals surface area contributed by atoms with Gasteiger partial charge in [-0.2, -0.15) is 0 Å². The first-order valence-electron chi connectivity index (χ1n) is 7.03. The summed E-state index contributed by atoms with van der Waals surface area (Å²) in [5.74, 6) is 0.825. The van der Waals surface area contributed by atoms with Gasteiger partial charge in [-0.25, -0.2) is 4.79 Å². The van der Waals surface area contributed by atoms with Crippen molar-refractivity contribution in [2.24, 2.45) is 0 Å². The molecule has 4 nitrogen and oxygen atoms in total. The number of hydrogen-bond donors (Lipinski definition) is 0. The quantitative estimate of drug-likeness (QED) is 0.789. The van der Waals surface area contributed by atoms with E-state index in [1.54, 1.807) is 0 Å². The molecule has 106 valence electrons. The van der Waals surface area contributed by atoms with E-state index in [0.717, 1.165) is 35.2 Å². The first-order chi connectivity index (χ1) is 9.60. The lowest BCUT2D eigenvalue weighted by molar-refractivity contribution is 0.0609. The summed E-state index contributed by atoms with van der Waals surface area (Å²) in [6.07, 6.45) is 1.06. The number of ether oxygens (including phenoxy) is 1. The summed E-state index contributed by atoms with van der Waals surface area (Å²) in [7, 11) is 0. The topological polar surface area (TPSA) is 42.7 Å². The molecule has 0 unspecified atom stereocenters. The van der Waals surface area contributed by atoms with Gasteiger partial charge in [0.15, 0.2) is 0 Å². The number of fused-ring (bicyclic) bond motifs is 3. The molecule has 2 aromatic rings. The molecule has 0 aliphatic carbocycles. The average molecular weight is 273 g/mol. The van der Waals surface area contributed by atoms with Gasteiger partial charge in [-0.05, 0) is 38.0 Å². The highest BCUT2D eigenvalue weighted by molar-refractivity contribution is 5.85. The van der Waals surface area contributed by atoms with Gasteiger partial charge in [-0.1, -0.05) is 6.92 Å². The highest BCUT2D eigenvalue weighted by Gasteiger charge is 2.24. The van der Waals surface area contributed by atoms with Crippen LogP contribution < -0.4 is 10.4 Å². The molecule has 3 rings (SSSR count).